The van der Waals surface area contributed by atoms with E-state index in [9.17, 15) is 0 Å². The molecule has 0 unspecified atom stereocenters. The van der Waals surface area contributed by atoms with Crippen LogP contribution in [0, 0.1) is 17.6 Å². The van der Waals surface area contributed by atoms with E-state index in [1.54, 1.807) is 30.0 Å². The number of nitrogens with zero attached hydrogens (tertiary/aromatic N) is 4. The smallest absolute Gasteiger partial charge is 0.135 e. The van der Waals surface area contributed by atoms with Gasteiger partial charge < -0.3 is 15.2 Å². The fraction of sp³-hybridized carbons (Fsp3) is 0.414. The van der Waals surface area contributed by atoms with Gasteiger partial charge in [-0.25, -0.2) is 18.3 Å². The molecule has 0 radical (unpaired) electrons. The number of rotatable bonds is 6. The Bertz CT molecular complexity index is 1440. The molecule has 0 bridgehead atoms. The number of hydrogen-bond donors (Lipinski definition) is 1. The molecule has 4 atom stereocenters. The highest BCUT2D eigenvalue weighted by molar-refractivity contribution is 5.63. The summed E-state index contributed by atoms with van der Waals surface area (Å²) < 4.78 is 42.7. The van der Waals surface area contributed by atoms with Gasteiger partial charge >= 0.3 is 0 Å². The Balaban J connectivity index is 1.32. The Labute approximate surface area is 220 Å². The maximum absolute atomic E-state index is 15.1. The molecule has 1 aromatic carbocycles. The maximum atomic E-state index is 15.1. The van der Waals surface area contributed by atoms with Crippen LogP contribution in [0.1, 0.15) is 54.1 Å². The Kier molecular flexibility index (Phi) is 6.67. The first-order chi connectivity index (χ1) is 18.4. The fourth-order valence-corrected chi connectivity index (χ4v) is 6.07. The number of halogens is 2. The van der Waals surface area contributed by atoms with E-state index in [1.807, 2.05) is 12.4 Å². The number of aromatic nitrogens is 4. The highest BCUT2D eigenvalue weighted by atomic mass is 19.1. The lowest BCUT2D eigenvalue weighted by Gasteiger charge is -2.38. The lowest BCUT2D eigenvalue weighted by Crippen LogP contribution is -2.45. The number of pyridine rings is 1. The molecule has 1 aliphatic heterocycles. The summed E-state index contributed by atoms with van der Waals surface area (Å²) in [5.74, 6) is 0.0444. The van der Waals surface area contributed by atoms with Crippen LogP contribution < -0.4 is 5.73 Å². The van der Waals surface area contributed by atoms with Crippen LogP contribution in [-0.2, 0) is 15.9 Å². The Morgan fingerprint density at radius 1 is 1.08 bits per heavy atom. The molecule has 2 fully saturated rings. The third-order valence-electron chi connectivity index (χ3n) is 8.08. The topological polar surface area (TPSA) is 87.6 Å². The van der Waals surface area contributed by atoms with E-state index in [4.69, 9.17) is 15.2 Å². The van der Waals surface area contributed by atoms with Crippen LogP contribution in [-0.4, -0.2) is 52.1 Å². The molecule has 0 amide bonds. The lowest BCUT2D eigenvalue weighted by molar-refractivity contribution is 0.00822. The molecule has 2 N–H and O–H groups in total. The minimum absolute atomic E-state index is 0.0273. The van der Waals surface area contributed by atoms with Crippen molar-refractivity contribution in [3.8, 4) is 11.3 Å². The molecular weight excluding hydrogens is 488 g/mol. The van der Waals surface area contributed by atoms with Crippen molar-refractivity contribution in [3.05, 3.63) is 83.1 Å². The standard InChI is InChI=1S/C29H31F2N5O2/c1-16-7-18(10-25(32)29(16)37-2)22-5-6-33-12-19(22)11-27-34-13-21-3-4-26(35-36(21)27)28-23(30)8-17(9-24(28)31)20-14-38-15-20/h3-6,8-9,12-13,16,18,20,25,29H,7,10-11,14-15,32H2,1-2H3/t16-,18+,25+,29-/m0/s1. The molecule has 9 heteroatoms. The van der Waals surface area contributed by atoms with Gasteiger partial charge in [0.1, 0.15) is 17.5 Å². The van der Waals surface area contributed by atoms with Crippen molar-refractivity contribution in [1.82, 2.24) is 19.6 Å². The van der Waals surface area contributed by atoms with E-state index in [1.165, 1.54) is 17.7 Å². The monoisotopic (exact) mass is 519 g/mol. The van der Waals surface area contributed by atoms with Crippen molar-refractivity contribution in [2.24, 2.45) is 11.7 Å². The summed E-state index contributed by atoms with van der Waals surface area (Å²) >= 11 is 0. The predicted octanol–water partition coefficient (Wildman–Crippen LogP) is 4.63. The molecule has 7 nitrogen and oxygen atoms in total. The van der Waals surface area contributed by atoms with E-state index in [2.05, 4.69) is 28.1 Å². The second-order valence-electron chi connectivity index (χ2n) is 10.6. The predicted molar refractivity (Wildman–Crippen MR) is 139 cm³/mol. The number of hydrogen-bond acceptors (Lipinski definition) is 6. The number of imidazole rings is 1. The summed E-state index contributed by atoms with van der Waals surface area (Å²) in [6, 6.07) is 8.19. The second-order valence-corrected chi connectivity index (χ2v) is 10.6. The molecule has 6 rings (SSSR count). The summed E-state index contributed by atoms with van der Waals surface area (Å²) in [5.41, 5.74) is 10.1. The molecule has 1 saturated carbocycles. The van der Waals surface area contributed by atoms with Gasteiger partial charge in [-0.1, -0.05) is 6.92 Å². The molecule has 0 spiro atoms. The zero-order valence-corrected chi connectivity index (χ0v) is 21.5. The zero-order chi connectivity index (χ0) is 26.4. The van der Waals surface area contributed by atoms with Crippen molar-refractivity contribution in [2.75, 3.05) is 20.3 Å². The fourth-order valence-electron chi connectivity index (χ4n) is 6.07. The summed E-state index contributed by atoms with van der Waals surface area (Å²) in [6.45, 7) is 3.14. The summed E-state index contributed by atoms with van der Waals surface area (Å²) in [5, 5.41) is 4.61. The van der Waals surface area contributed by atoms with Crippen LogP contribution in [0.4, 0.5) is 8.78 Å². The van der Waals surface area contributed by atoms with Gasteiger partial charge in [0.15, 0.2) is 0 Å². The molecular formula is C29H31F2N5O2. The molecule has 2 aliphatic rings. The lowest BCUT2D eigenvalue weighted by atomic mass is 9.74. The number of methoxy groups -OCH3 is 1. The van der Waals surface area contributed by atoms with Crippen molar-refractivity contribution in [2.45, 2.75) is 50.2 Å². The van der Waals surface area contributed by atoms with Crippen molar-refractivity contribution < 1.29 is 18.3 Å². The second kappa shape index (κ2) is 10.1. The van der Waals surface area contributed by atoms with Crippen molar-refractivity contribution >= 4 is 5.52 Å². The highest BCUT2D eigenvalue weighted by Gasteiger charge is 2.35. The van der Waals surface area contributed by atoms with E-state index in [0.29, 0.717) is 36.9 Å². The summed E-state index contributed by atoms with van der Waals surface area (Å²) in [7, 11) is 1.72. The SMILES string of the molecule is CO[C@@H]1[C@H](N)C[C@H](c2ccncc2Cc2ncc3ccc(-c4c(F)cc(C5COC5)cc4F)nn23)C[C@@H]1C. The van der Waals surface area contributed by atoms with E-state index in [-0.39, 0.29) is 35.2 Å². The van der Waals surface area contributed by atoms with Gasteiger partial charge in [-0.05, 0) is 71.7 Å². The third-order valence-corrected chi connectivity index (χ3v) is 8.08. The van der Waals surface area contributed by atoms with Gasteiger partial charge in [-0.2, -0.15) is 5.10 Å². The minimum Gasteiger partial charge on any atom is -0.380 e. The van der Waals surface area contributed by atoms with Crippen molar-refractivity contribution in [3.63, 3.8) is 0 Å². The first-order valence-corrected chi connectivity index (χ1v) is 13.0. The van der Waals surface area contributed by atoms with Gasteiger partial charge in [-0.3, -0.25) is 4.98 Å². The molecule has 38 heavy (non-hydrogen) atoms. The number of ether oxygens (including phenoxy) is 2. The first-order valence-electron chi connectivity index (χ1n) is 13.0. The van der Waals surface area contributed by atoms with Crippen LogP contribution in [0.15, 0.2) is 48.9 Å². The Morgan fingerprint density at radius 3 is 2.55 bits per heavy atom. The Hall–Kier alpha value is -3.27. The average Bonchev–Trinajstić information content (AvgIpc) is 3.25. The van der Waals surface area contributed by atoms with E-state index in [0.717, 1.165) is 23.9 Å². The number of benzene rings is 1. The zero-order valence-electron chi connectivity index (χ0n) is 21.5. The van der Waals surface area contributed by atoms with Crippen LogP contribution in [0.5, 0.6) is 0 Å². The average molecular weight is 520 g/mol. The van der Waals surface area contributed by atoms with Crippen LogP contribution >= 0.6 is 0 Å². The van der Waals surface area contributed by atoms with Gasteiger partial charge in [0.25, 0.3) is 0 Å². The molecule has 4 aromatic rings. The van der Waals surface area contributed by atoms with E-state index >= 15 is 8.78 Å². The van der Waals surface area contributed by atoms with Gasteiger partial charge in [0.2, 0.25) is 0 Å². The quantitative estimate of drug-likeness (QED) is 0.400. The first kappa shape index (κ1) is 25.0. The summed E-state index contributed by atoms with van der Waals surface area (Å²) in [4.78, 5) is 8.97. The minimum atomic E-state index is -0.632. The summed E-state index contributed by atoms with van der Waals surface area (Å²) in [6.07, 6.45) is 7.71. The normalized spacial score (nSPS) is 24.0. The van der Waals surface area contributed by atoms with Gasteiger partial charge in [0, 0.05) is 37.9 Å². The van der Waals surface area contributed by atoms with E-state index < -0.39 is 11.6 Å². The molecule has 1 saturated heterocycles. The number of fused-ring (bicyclic) bond motifs is 1. The van der Waals surface area contributed by atoms with Crippen LogP contribution in [0.3, 0.4) is 0 Å². The van der Waals surface area contributed by atoms with Crippen molar-refractivity contribution in [1.29, 1.82) is 0 Å². The number of nitrogens with two attached hydrogens (primary N) is 1. The largest absolute Gasteiger partial charge is 0.380 e. The Morgan fingerprint density at radius 2 is 1.87 bits per heavy atom. The molecule has 198 valence electrons. The molecule has 3 aromatic heterocycles. The van der Waals surface area contributed by atoms with Crippen LogP contribution in [0.25, 0.3) is 16.8 Å². The molecule has 4 heterocycles. The highest BCUT2D eigenvalue weighted by Crippen LogP contribution is 2.38. The third kappa shape index (κ3) is 4.48. The van der Waals surface area contributed by atoms with Gasteiger partial charge in [-0.15, -0.1) is 0 Å². The van der Waals surface area contributed by atoms with Crippen LogP contribution in [0.2, 0.25) is 0 Å². The maximum Gasteiger partial charge on any atom is 0.135 e. The molecule has 1 aliphatic carbocycles. The van der Waals surface area contributed by atoms with Gasteiger partial charge in [0.05, 0.1) is 42.3 Å².